The molecule has 0 saturated carbocycles. The van der Waals surface area contributed by atoms with Gasteiger partial charge in [-0.3, -0.25) is 10.3 Å². The highest BCUT2D eigenvalue weighted by Gasteiger charge is 2.17. The number of rotatable bonds is 7. The number of nitrogens with one attached hydrogen (secondary N) is 1. The van der Waals surface area contributed by atoms with Crippen molar-refractivity contribution in [1.29, 1.82) is 0 Å². The molecule has 3 heterocycles. The number of carbonyl (C=O) groups excluding carboxylic acids is 1. The normalized spacial score (nSPS) is 11.9. The number of nitrogens with zero attached hydrogens (tertiary/aromatic N) is 4. The largest absolute Gasteiger partial charge is 0.495 e. The molecule has 1 amide bonds. The Bertz CT molecular complexity index is 1640. The van der Waals surface area contributed by atoms with E-state index in [4.69, 9.17) is 14.2 Å². The highest BCUT2D eigenvalue weighted by Crippen LogP contribution is 2.37. The molecule has 0 aliphatic carbocycles. The van der Waals surface area contributed by atoms with E-state index in [1.165, 1.54) is 29.8 Å². The van der Waals surface area contributed by atoms with Crippen molar-refractivity contribution in [1.82, 2.24) is 19.9 Å². The molecule has 5 rings (SSSR count). The molecule has 3 aromatic heterocycles. The summed E-state index contributed by atoms with van der Waals surface area (Å²) in [6.07, 6.45) is 3.33. The van der Waals surface area contributed by atoms with Crippen LogP contribution in [-0.4, -0.2) is 45.8 Å². The molecule has 0 radical (unpaired) electrons. The standard InChI is InChI=1S/C27H24FN5O4S/c1-14-5-17-7-19(35-4)12-31-25(17)20(6-14)26-33-22-8-21(28)23(9-24(22)38-26)37-15(2)13-36-27(34)32-18-10-29-16(3)30-11-18/h5-12,15H,13H2,1-4H3,(H,32,34). The second-order valence-electron chi connectivity index (χ2n) is 8.70. The Labute approximate surface area is 221 Å². The monoisotopic (exact) mass is 533 g/mol. The number of anilines is 1. The number of pyridine rings is 1. The third kappa shape index (κ3) is 5.47. The molecule has 38 heavy (non-hydrogen) atoms. The number of amides is 1. The van der Waals surface area contributed by atoms with E-state index in [0.717, 1.165) is 31.7 Å². The van der Waals surface area contributed by atoms with Gasteiger partial charge in [-0.05, 0) is 44.5 Å². The van der Waals surface area contributed by atoms with Gasteiger partial charge in [0.15, 0.2) is 11.6 Å². The van der Waals surface area contributed by atoms with Crippen molar-refractivity contribution >= 4 is 44.2 Å². The first-order valence-electron chi connectivity index (χ1n) is 11.7. The maximum atomic E-state index is 14.9. The number of thiazole rings is 1. The van der Waals surface area contributed by atoms with E-state index in [-0.39, 0.29) is 12.4 Å². The van der Waals surface area contributed by atoms with Gasteiger partial charge in [0.05, 0.1) is 47.1 Å². The Hall–Kier alpha value is -4.38. The summed E-state index contributed by atoms with van der Waals surface area (Å²) in [5, 5.41) is 4.18. The lowest BCUT2D eigenvalue weighted by molar-refractivity contribution is 0.0969. The van der Waals surface area contributed by atoms with Gasteiger partial charge in [-0.25, -0.2) is 24.1 Å². The van der Waals surface area contributed by atoms with Crippen molar-refractivity contribution < 1.29 is 23.4 Å². The van der Waals surface area contributed by atoms with Gasteiger partial charge in [-0.2, -0.15) is 0 Å². The molecule has 194 valence electrons. The van der Waals surface area contributed by atoms with Crippen LogP contribution >= 0.6 is 11.3 Å². The van der Waals surface area contributed by atoms with E-state index in [1.807, 2.05) is 25.1 Å². The van der Waals surface area contributed by atoms with Crippen molar-refractivity contribution in [3.05, 3.63) is 66.1 Å². The summed E-state index contributed by atoms with van der Waals surface area (Å²) in [4.78, 5) is 29.3. The number of hydrogen-bond donors (Lipinski definition) is 1. The van der Waals surface area contributed by atoms with Crippen molar-refractivity contribution in [2.75, 3.05) is 19.0 Å². The van der Waals surface area contributed by atoms with Crippen LogP contribution < -0.4 is 14.8 Å². The van der Waals surface area contributed by atoms with E-state index in [9.17, 15) is 9.18 Å². The number of ether oxygens (including phenoxy) is 3. The summed E-state index contributed by atoms with van der Waals surface area (Å²) in [5.41, 5.74) is 3.61. The first-order valence-corrected chi connectivity index (χ1v) is 12.5. The molecule has 5 aromatic rings. The van der Waals surface area contributed by atoms with Gasteiger partial charge in [0.1, 0.15) is 29.3 Å². The van der Waals surface area contributed by atoms with Gasteiger partial charge in [0.2, 0.25) is 0 Å². The summed E-state index contributed by atoms with van der Waals surface area (Å²) in [6.45, 7) is 5.33. The second kappa shape index (κ2) is 10.5. The maximum absolute atomic E-state index is 14.9. The fourth-order valence-corrected chi connectivity index (χ4v) is 4.84. The van der Waals surface area contributed by atoms with Crippen LogP contribution in [0.25, 0.3) is 31.7 Å². The molecular formula is C27H24FN5O4S. The molecule has 0 bridgehead atoms. The Balaban J connectivity index is 1.32. The molecule has 0 spiro atoms. The van der Waals surface area contributed by atoms with Crippen LogP contribution in [0, 0.1) is 19.7 Å². The maximum Gasteiger partial charge on any atom is 0.411 e. The number of hydrogen-bond acceptors (Lipinski definition) is 9. The van der Waals surface area contributed by atoms with Crippen LogP contribution in [0.4, 0.5) is 14.9 Å². The molecule has 0 aliphatic rings. The number of fused-ring (bicyclic) bond motifs is 2. The Morgan fingerprint density at radius 1 is 1.08 bits per heavy atom. The fraction of sp³-hybridized carbons (Fsp3) is 0.222. The number of methoxy groups -OCH3 is 1. The van der Waals surface area contributed by atoms with Crippen molar-refractivity contribution in [3.8, 4) is 22.1 Å². The van der Waals surface area contributed by atoms with Gasteiger partial charge >= 0.3 is 6.09 Å². The van der Waals surface area contributed by atoms with Crippen molar-refractivity contribution in [2.45, 2.75) is 26.9 Å². The average Bonchev–Trinajstić information content (AvgIpc) is 3.30. The lowest BCUT2D eigenvalue weighted by Gasteiger charge is -2.15. The van der Waals surface area contributed by atoms with Crippen LogP contribution in [0.3, 0.4) is 0 Å². The molecule has 0 fully saturated rings. The Kier molecular flexibility index (Phi) is 7.01. The van der Waals surface area contributed by atoms with Crippen molar-refractivity contribution in [2.24, 2.45) is 0 Å². The van der Waals surface area contributed by atoms with Crippen LogP contribution in [0.2, 0.25) is 0 Å². The smallest absolute Gasteiger partial charge is 0.411 e. The molecule has 11 heteroatoms. The number of aryl methyl sites for hydroxylation is 2. The van der Waals surface area contributed by atoms with E-state index in [2.05, 4.69) is 25.3 Å². The third-order valence-electron chi connectivity index (χ3n) is 5.62. The van der Waals surface area contributed by atoms with E-state index < -0.39 is 18.0 Å². The molecule has 2 aromatic carbocycles. The topological polar surface area (TPSA) is 108 Å². The predicted octanol–water partition coefficient (Wildman–Crippen LogP) is 6.08. The zero-order chi connectivity index (χ0) is 26.8. The third-order valence-corrected chi connectivity index (χ3v) is 6.67. The van der Waals surface area contributed by atoms with Gasteiger partial charge in [-0.1, -0.05) is 0 Å². The summed E-state index contributed by atoms with van der Waals surface area (Å²) >= 11 is 1.42. The summed E-state index contributed by atoms with van der Waals surface area (Å²) in [6, 6.07) is 8.93. The minimum Gasteiger partial charge on any atom is -0.495 e. The van der Waals surface area contributed by atoms with E-state index in [1.54, 1.807) is 33.2 Å². The first-order chi connectivity index (χ1) is 18.3. The number of halogens is 1. The highest BCUT2D eigenvalue weighted by molar-refractivity contribution is 7.21. The molecule has 9 nitrogen and oxygen atoms in total. The van der Waals surface area contributed by atoms with Gasteiger partial charge in [0.25, 0.3) is 0 Å². The van der Waals surface area contributed by atoms with Crippen LogP contribution in [0.1, 0.15) is 18.3 Å². The molecule has 0 saturated heterocycles. The van der Waals surface area contributed by atoms with Gasteiger partial charge < -0.3 is 14.2 Å². The number of aromatic nitrogens is 4. The fourth-order valence-electron chi connectivity index (χ4n) is 3.84. The minimum absolute atomic E-state index is 0.0492. The second-order valence-corrected chi connectivity index (χ2v) is 9.73. The quantitative estimate of drug-likeness (QED) is 0.268. The highest BCUT2D eigenvalue weighted by atomic mass is 32.1. The van der Waals surface area contributed by atoms with Crippen LogP contribution in [-0.2, 0) is 4.74 Å². The summed E-state index contributed by atoms with van der Waals surface area (Å²) < 4.78 is 31.9. The predicted molar refractivity (Wildman–Crippen MR) is 143 cm³/mol. The molecular weight excluding hydrogens is 509 g/mol. The zero-order valence-corrected chi connectivity index (χ0v) is 21.9. The molecule has 1 N–H and O–H groups in total. The number of carbonyl (C=O) groups is 1. The van der Waals surface area contributed by atoms with E-state index in [0.29, 0.717) is 22.8 Å². The molecule has 1 unspecified atom stereocenters. The van der Waals surface area contributed by atoms with Crippen molar-refractivity contribution in [3.63, 3.8) is 0 Å². The summed E-state index contributed by atoms with van der Waals surface area (Å²) in [7, 11) is 1.60. The van der Waals surface area contributed by atoms with Gasteiger partial charge in [0, 0.05) is 23.1 Å². The zero-order valence-electron chi connectivity index (χ0n) is 21.1. The van der Waals surface area contributed by atoms with Crippen LogP contribution in [0.5, 0.6) is 11.5 Å². The van der Waals surface area contributed by atoms with Gasteiger partial charge in [-0.15, -0.1) is 11.3 Å². The Morgan fingerprint density at radius 3 is 2.63 bits per heavy atom. The molecule has 0 aliphatic heterocycles. The van der Waals surface area contributed by atoms with E-state index >= 15 is 0 Å². The first kappa shape index (κ1) is 25.3. The SMILES string of the molecule is COc1cnc2c(-c3nc4cc(F)c(OC(C)COC(=O)Nc5cnc(C)nc5)cc4s3)cc(C)cc2c1. The lowest BCUT2D eigenvalue weighted by Crippen LogP contribution is -2.24. The minimum atomic E-state index is -0.687. The lowest BCUT2D eigenvalue weighted by atomic mass is 10.1. The summed E-state index contributed by atoms with van der Waals surface area (Å²) in [5.74, 6) is 0.747. The Morgan fingerprint density at radius 2 is 1.87 bits per heavy atom. The number of benzene rings is 2. The average molecular weight is 534 g/mol. The van der Waals surface area contributed by atoms with Crippen LogP contribution in [0.15, 0.2) is 48.9 Å². The molecule has 1 atom stereocenters.